The molecule has 0 aromatic heterocycles. The quantitative estimate of drug-likeness (QED) is 0.627. The Morgan fingerprint density at radius 2 is 1.79 bits per heavy atom. The zero-order valence-corrected chi connectivity index (χ0v) is 11.8. The molecular weight excluding hydrogens is 244 g/mol. The van der Waals surface area contributed by atoms with Gasteiger partial charge in [0.05, 0.1) is 5.92 Å². The fraction of sp³-hybridized carbons (Fsp3) is 0.733. The molecular formula is C15H22O4. The third kappa shape index (κ3) is 2.82. The minimum Gasteiger partial charge on any atom is -0.481 e. The first-order valence-electron chi connectivity index (χ1n) is 6.90. The molecule has 0 saturated heterocycles. The molecule has 2 atom stereocenters. The summed E-state index contributed by atoms with van der Waals surface area (Å²) in [5, 5.41) is 9.05. The maximum Gasteiger partial charge on any atom is 0.330 e. The number of carboxylic acids is 1. The lowest BCUT2D eigenvalue weighted by molar-refractivity contribution is -0.151. The van der Waals surface area contributed by atoms with E-state index in [4.69, 9.17) is 9.84 Å². The Hall–Kier alpha value is -1.32. The van der Waals surface area contributed by atoms with Gasteiger partial charge in [-0.2, -0.15) is 0 Å². The Kier molecular flexibility index (Phi) is 3.45. The zero-order valence-electron chi connectivity index (χ0n) is 11.8. The van der Waals surface area contributed by atoms with Crippen molar-refractivity contribution < 1.29 is 19.4 Å². The smallest absolute Gasteiger partial charge is 0.330 e. The summed E-state index contributed by atoms with van der Waals surface area (Å²) in [6.07, 6.45) is 7.13. The summed E-state index contributed by atoms with van der Waals surface area (Å²) in [5.74, 6) is -1.61. The molecule has 0 bridgehead atoms. The lowest BCUT2D eigenvalue weighted by Gasteiger charge is -2.22. The van der Waals surface area contributed by atoms with Crippen LogP contribution in [0.1, 0.15) is 46.5 Å². The van der Waals surface area contributed by atoms with Gasteiger partial charge in [-0.1, -0.05) is 19.9 Å². The monoisotopic (exact) mass is 266 g/mol. The van der Waals surface area contributed by atoms with E-state index >= 15 is 0 Å². The van der Waals surface area contributed by atoms with Gasteiger partial charge in [-0.05, 0) is 43.9 Å². The number of hydrogen-bond donors (Lipinski definition) is 1. The molecule has 2 aliphatic carbocycles. The highest BCUT2D eigenvalue weighted by molar-refractivity contribution is 5.83. The molecule has 2 fully saturated rings. The van der Waals surface area contributed by atoms with Crippen molar-refractivity contribution in [2.45, 2.75) is 52.1 Å². The number of carbonyl (C=O) groups is 2. The molecule has 2 saturated carbocycles. The molecule has 0 aliphatic heterocycles. The molecule has 1 N–H and O–H groups in total. The van der Waals surface area contributed by atoms with Crippen molar-refractivity contribution in [3.63, 3.8) is 0 Å². The van der Waals surface area contributed by atoms with Crippen molar-refractivity contribution in [1.82, 2.24) is 0 Å². The SMILES string of the molecule is CC1(OC(=O)/C=C\C2C(C(=O)O)C2(C)C)CCCC1. The van der Waals surface area contributed by atoms with E-state index in [0.29, 0.717) is 0 Å². The van der Waals surface area contributed by atoms with Crippen molar-refractivity contribution in [1.29, 1.82) is 0 Å². The average molecular weight is 266 g/mol. The fourth-order valence-electron chi connectivity index (χ4n) is 3.19. The van der Waals surface area contributed by atoms with Gasteiger partial charge in [-0.15, -0.1) is 0 Å². The fourth-order valence-corrected chi connectivity index (χ4v) is 3.19. The van der Waals surface area contributed by atoms with Crippen LogP contribution in [0.5, 0.6) is 0 Å². The van der Waals surface area contributed by atoms with Crippen LogP contribution in [-0.4, -0.2) is 22.6 Å². The molecule has 4 nitrogen and oxygen atoms in total. The normalized spacial score (nSPS) is 31.3. The molecule has 4 heteroatoms. The Balaban J connectivity index is 1.89. The average Bonchev–Trinajstić information content (AvgIpc) is 2.62. The molecule has 0 aromatic rings. The lowest BCUT2D eigenvalue weighted by Crippen LogP contribution is -2.27. The van der Waals surface area contributed by atoms with Crippen LogP contribution in [-0.2, 0) is 14.3 Å². The van der Waals surface area contributed by atoms with Crippen LogP contribution < -0.4 is 0 Å². The number of rotatable bonds is 4. The summed E-state index contributed by atoms with van der Waals surface area (Å²) in [6.45, 7) is 5.78. The summed E-state index contributed by atoms with van der Waals surface area (Å²) >= 11 is 0. The Morgan fingerprint density at radius 1 is 1.21 bits per heavy atom. The third-order valence-electron chi connectivity index (χ3n) is 4.62. The molecule has 0 aromatic carbocycles. The van der Waals surface area contributed by atoms with Crippen LogP contribution >= 0.6 is 0 Å². The second-order valence-electron chi connectivity index (χ2n) is 6.60. The summed E-state index contributed by atoms with van der Waals surface area (Å²) < 4.78 is 5.47. The molecule has 0 spiro atoms. The van der Waals surface area contributed by atoms with Gasteiger partial charge in [0.25, 0.3) is 0 Å². The second kappa shape index (κ2) is 4.66. The van der Waals surface area contributed by atoms with Gasteiger partial charge >= 0.3 is 11.9 Å². The van der Waals surface area contributed by atoms with Gasteiger partial charge in [0.15, 0.2) is 0 Å². The van der Waals surface area contributed by atoms with E-state index < -0.39 is 11.9 Å². The van der Waals surface area contributed by atoms with Crippen molar-refractivity contribution in [2.75, 3.05) is 0 Å². The summed E-state index contributed by atoms with van der Waals surface area (Å²) in [7, 11) is 0. The molecule has 2 rings (SSSR count). The summed E-state index contributed by atoms with van der Waals surface area (Å²) in [5.41, 5.74) is -0.591. The van der Waals surface area contributed by atoms with Gasteiger partial charge in [-0.3, -0.25) is 4.79 Å². The number of hydrogen-bond acceptors (Lipinski definition) is 3. The minimum absolute atomic E-state index is 0.0751. The molecule has 0 heterocycles. The molecule has 0 amide bonds. The van der Waals surface area contributed by atoms with Gasteiger partial charge in [-0.25, -0.2) is 4.79 Å². The molecule has 2 unspecified atom stereocenters. The first-order chi connectivity index (χ1) is 8.76. The maximum atomic E-state index is 11.8. The van der Waals surface area contributed by atoms with E-state index in [9.17, 15) is 9.59 Å². The Bertz CT molecular complexity index is 416. The summed E-state index contributed by atoms with van der Waals surface area (Å²) in [6, 6.07) is 0. The van der Waals surface area contributed by atoms with E-state index in [1.165, 1.54) is 6.08 Å². The Labute approximate surface area is 113 Å². The third-order valence-corrected chi connectivity index (χ3v) is 4.62. The van der Waals surface area contributed by atoms with Crippen molar-refractivity contribution in [3.05, 3.63) is 12.2 Å². The van der Waals surface area contributed by atoms with E-state index in [-0.39, 0.29) is 22.9 Å². The zero-order chi connectivity index (χ0) is 14.3. The van der Waals surface area contributed by atoms with E-state index in [1.54, 1.807) is 6.08 Å². The van der Waals surface area contributed by atoms with Crippen LogP contribution in [0.4, 0.5) is 0 Å². The lowest BCUT2D eigenvalue weighted by atomic mass is 10.1. The molecule has 106 valence electrons. The van der Waals surface area contributed by atoms with Crippen LogP contribution in [0.2, 0.25) is 0 Å². The van der Waals surface area contributed by atoms with Crippen molar-refractivity contribution in [3.8, 4) is 0 Å². The highest BCUT2D eigenvalue weighted by Crippen LogP contribution is 2.59. The van der Waals surface area contributed by atoms with Gasteiger partial charge in [0, 0.05) is 6.08 Å². The standard InChI is InChI=1S/C15H22O4/c1-14(2)10(12(14)13(17)18)6-7-11(16)19-15(3)8-4-5-9-15/h6-7,10,12H,4-5,8-9H2,1-3H3,(H,17,18)/b7-6-. The minimum atomic E-state index is -0.796. The number of carboxylic acid groups (broad SMARTS) is 1. The number of aliphatic carboxylic acids is 1. The molecule has 2 aliphatic rings. The van der Waals surface area contributed by atoms with Crippen molar-refractivity contribution in [2.24, 2.45) is 17.3 Å². The van der Waals surface area contributed by atoms with E-state index in [1.807, 2.05) is 20.8 Å². The van der Waals surface area contributed by atoms with Gasteiger partial charge in [0.2, 0.25) is 0 Å². The highest BCUT2D eigenvalue weighted by Gasteiger charge is 2.60. The largest absolute Gasteiger partial charge is 0.481 e. The maximum absolute atomic E-state index is 11.8. The van der Waals surface area contributed by atoms with Gasteiger partial charge < -0.3 is 9.84 Å². The van der Waals surface area contributed by atoms with Gasteiger partial charge in [0.1, 0.15) is 5.60 Å². The predicted octanol–water partition coefficient (Wildman–Crippen LogP) is 2.78. The van der Waals surface area contributed by atoms with Crippen LogP contribution in [0.25, 0.3) is 0 Å². The van der Waals surface area contributed by atoms with E-state index in [2.05, 4.69) is 0 Å². The first kappa shape index (κ1) is 14.1. The van der Waals surface area contributed by atoms with Crippen molar-refractivity contribution >= 4 is 11.9 Å². The first-order valence-corrected chi connectivity index (χ1v) is 6.90. The van der Waals surface area contributed by atoms with Crippen LogP contribution in [0.15, 0.2) is 12.2 Å². The van der Waals surface area contributed by atoms with Crippen LogP contribution in [0.3, 0.4) is 0 Å². The summed E-state index contributed by atoms with van der Waals surface area (Å²) in [4.78, 5) is 22.8. The number of carbonyl (C=O) groups excluding carboxylic acids is 1. The Morgan fingerprint density at radius 3 is 2.26 bits per heavy atom. The molecule has 0 radical (unpaired) electrons. The highest BCUT2D eigenvalue weighted by atomic mass is 16.6. The number of allylic oxidation sites excluding steroid dienone is 1. The number of ether oxygens (including phenoxy) is 1. The number of esters is 1. The second-order valence-corrected chi connectivity index (χ2v) is 6.60. The van der Waals surface area contributed by atoms with Crippen LogP contribution in [0, 0.1) is 17.3 Å². The predicted molar refractivity (Wildman–Crippen MR) is 70.5 cm³/mol. The van der Waals surface area contributed by atoms with E-state index in [0.717, 1.165) is 25.7 Å². The topological polar surface area (TPSA) is 63.6 Å². The molecule has 19 heavy (non-hydrogen) atoms.